The average molecular weight is 309 g/mol. The van der Waals surface area contributed by atoms with Gasteiger partial charge in [-0.15, -0.1) is 5.10 Å². The van der Waals surface area contributed by atoms with Crippen LogP contribution in [-0.4, -0.2) is 26.5 Å². The molecule has 1 aliphatic rings. The second-order valence-electron chi connectivity index (χ2n) is 4.84. The molecule has 2 heterocycles. The molecule has 0 saturated carbocycles. The summed E-state index contributed by atoms with van der Waals surface area (Å²) < 4.78 is 0. The van der Waals surface area contributed by atoms with Crippen LogP contribution in [0.5, 0.6) is 0 Å². The Labute approximate surface area is 130 Å². The van der Waals surface area contributed by atoms with Crippen molar-refractivity contribution in [3.8, 4) is 0 Å². The summed E-state index contributed by atoms with van der Waals surface area (Å²) in [5.41, 5.74) is 1.99. The minimum absolute atomic E-state index is 0.165. The lowest BCUT2D eigenvalue weighted by Gasteiger charge is -2.26. The van der Waals surface area contributed by atoms with Crippen molar-refractivity contribution < 1.29 is 4.79 Å². The lowest BCUT2D eigenvalue weighted by Crippen LogP contribution is -2.25. The molecule has 0 spiro atoms. The van der Waals surface area contributed by atoms with E-state index in [4.69, 9.17) is 0 Å². The van der Waals surface area contributed by atoms with Crippen LogP contribution >= 0.6 is 11.8 Å². The van der Waals surface area contributed by atoms with Crippen LogP contribution in [-0.2, 0) is 4.79 Å². The zero-order valence-corrected chi connectivity index (χ0v) is 12.2. The molecule has 6 nitrogen and oxygen atoms in total. The van der Waals surface area contributed by atoms with E-state index in [1.807, 2.05) is 48.5 Å². The molecule has 108 valence electrons. The molecule has 1 amide bonds. The van der Waals surface area contributed by atoms with E-state index in [1.54, 1.807) is 11.8 Å². The number of tetrazole rings is 1. The Morgan fingerprint density at radius 1 is 1.05 bits per heavy atom. The predicted octanol–water partition coefficient (Wildman–Crippen LogP) is 2.43. The summed E-state index contributed by atoms with van der Waals surface area (Å²) in [6.07, 6.45) is 0. The topological polar surface area (TPSA) is 83.6 Å². The van der Waals surface area contributed by atoms with E-state index in [0.717, 1.165) is 20.9 Å². The Hall–Kier alpha value is -2.67. The molecule has 1 aromatic heterocycles. The van der Waals surface area contributed by atoms with Crippen molar-refractivity contribution in [1.29, 1.82) is 0 Å². The molecule has 0 saturated heterocycles. The second kappa shape index (κ2) is 5.27. The molecule has 22 heavy (non-hydrogen) atoms. The monoisotopic (exact) mass is 309 g/mol. The summed E-state index contributed by atoms with van der Waals surface area (Å²) in [4.78, 5) is 14.9. The number of aromatic amines is 1. The van der Waals surface area contributed by atoms with E-state index in [1.165, 1.54) is 0 Å². The Bertz CT molecular complexity index is 788. The number of hydrogen-bond acceptors (Lipinski definition) is 5. The fourth-order valence-corrected chi connectivity index (χ4v) is 3.73. The number of amides is 1. The molecule has 2 N–H and O–H groups in total. The number of aromatic nitrogens is 4. The minimum Gasteiger partial charge on any atom is -0.291 e. The molecular formula is C15H11N5OS. The third-order valence-corrected chi connectivity index (χ3v) is 4.71. The van der Waals surface area contributed by atoms with Gasteiger partial charge in [-0.3, -0.25) is 10.1 Å². The van der Waals surface area contributed by atoms with Gasteiger partial charge in [0.25, 0.3) is 5.95 Å². The van der Waals surface area contributed by atoms with Crippen LogP contribution in [0.4, 0.5) is 5.95 Å². The van der Waals surface area contributed by atoms with E-state index in [0.29, 0.717) is 0 Å². The quantitative estimate of drug-likeness (QED) is 0.759. The van der Waals surface area contributed by atoms with Crippen LogP contribution in [0.3, 0.4) is 0 Å². The molecule has 0 radical (unpaired) electrons. The highest BCUT2D eigenvalue weighted by molar-refractivity contribution is 7.99. The zero-order chi connectivity index (χ0) is 14.9. The van der Waals surface area contributed by atoms with Gasteiger partial charge >= 0.3 is 0 Å². The van der Waals surface area contributed by atoms with Crippen molar-refractivity contribution in [1.82, 2.24) is 20.6 Å². The van der Waals surface area contributed by atoms with Gasteiger partial charge in [-0.05, 0) is 28.5 Å². The number of anilines is 1. The SMILES string of the molecule is O=C(Nc1nn[nH]n1)C1c2ccccc2Sc2ccccc21. The second-order valence-corrected chi connectivity index (χ2v) is 5.92. The molecule has 0 unspecified atom stereocenters. The Balaban J connectivity index is 1.79. The number of hydrogen-bond donors (Lipinski definition) is 2. The maximum Gasteiger partial charge on any atom is 0.269 e. The lowest BCUT2D eigenvalue weighted by atomic mass is 9.90. The van der Waals surface area contributed by atoms with Gasteiger partial charge in [-0.25, -0.2) is 0 Å². The molecule has 0 bridgehead atoms. The molecule has 7 heteroatoms. The van der Waals surface area contributed by atoms with Crippen molar-refractivity contribution in [2.45, 2.75) is 15.7 Å². The lowest BCUT2D eigenvalue weighted by molar-refractivity contribution is -0.116. The third-order valence-electron chi connectivity index (χ3n) is 3.52. The van der Waals surface area contributed by atoms with E-state index >= 15 is 0 Å². The molecule has 4 rings (SSSR count). The molecule has 3 aromatic rings. The van der Waals surface area contributed by atoms with Crippen molar-refractivity contribution in [3.63, 3.8) is 0 Å². The van der Waals surface area contributed by atoms with Crippen molar-refractivity contribution in [2.75, 3.05) is 5.32 Å². The van der Waals surface area contributed by atoms with Gasteiger partial charge in [0.2, 0.25) is 5.91 Å². The number of rotatable bonds is 2. The van der Waals surface area contributed by atoms with Gasteiger partial charge in [0.1, 0.15) is 0 Å². The third kappa shape index (κ3) is 2.15. The van der Waals surface area contributed by atoms with Crippen LogP contribution in [0.1, 0.15) is 17.0 Å². The normalized spacial score (nSPS) is 13.3. The van der Waals surface area contributed by atoms with Crippen molar-refractivity contribution in [3.05, 3.63) is 59.7 Å². The summed E-state index contributed by atoms with van der Waals surface area (Å²) in [6.45, 7) is 0. The highest BCUT2D eigenvalue weighted by Crippen LogP contribution is 2.45. The minimum atomic E-state index is -0.382. The highest BCUT2D eigenvalue weighted by Gasteiger charge is 2.31. The molecule has 0 fully saturated rings. The Morgan fingerprint density at radius 3 is 2.27 bits per heavy atom. The fraction of sp³-hybridized carbons (Fsp3) is 0.0667. The fourth-order valence-electron chi connectivity index (χ4n) is 2.59. The van der Waals surface area contributed by atoms with Crippen LogP contribution in [0, 0.1) is 0 Å². The maximum atomic E-state index is 12.7. The van der Waals surface area contributed by atoms with Crippen LogP contribution in [0.2, 0.25) is 0 Å². The first kappa shape index (κ1) is 13.0. The standard InChI is InChI=1S/C15H11N5OS/c21-14(16-15-17-19-20-18-15)13-9-5-1-3-7-11(9)22-12-8-4-2-6-10(12)13/h1-8,13H,(H2,16,17,18,19,20,21). The summed E-state index contributed by atoms with van der Waals surface area (Å²) in [5.74, 6) is -0.369. The van der Waals surface area contributed by atoms with Crippen LogP contribution in [0.15, 0.2) is 58.3 Å². The number of nitrogens with one attached hydrogen (secondary N) is 2. The average Bonchev–Trinajstić information content (AvgIpc) is 3.05. The van der Waals surface area contributed by atoms with Crippen molar-refractivity contribution in [2.24, 2.45) is 0 Å². The Morgan fingerprint density at radius 2 is 1.68 bits per heavy atom. The number of fused-ring (bicyclic) bond motifs is 2. The van der Waals surface area contributed by atoms with Crippen LogP contribution < -0.4 is 5.32 Å². The van der Waals surface area contributed by atoms with Gasteiger partial charge in [0.05, 0.1) is 5.92 Å². The van der Waals surface area contributed by atoms with E-state index in [-0.39, 0.29) is 17.8 Å². The highest BCUT2D eigenvalue weighted by atomic mass is 32.2. The number of H-pyrrole nitrogens is 1. The first-order chi connectivity index (χ1) is 10.8. The number of nitrogens with zero attached hydrogens (tertiary/aromatic N) is 3. The largest absolute Gasteiger partial charge is 0.291 e. The molecule has 2 aromatic carbocycles. The van der Waals surface area contributed by atoms with Crippen molar-refractivity contribution >= 4 is 23.6 Å². The molecule has 1 aliphatic heterocycles. The molecule has 0 atom stereocenters. The van der Waals surface area contributed by atoms with Gasteiger partial charge in [-0.1, -0.05) is 53.3 Å². The molecule has 0 aliphatic carbocycles. The number of benzene rings is 2. The Kier molecular flexibility index (Phi) is 3.12. The maximum absolute atomic E-state index is 12.7. The predicted molar refractivity (Wildman–Crippen MR) is 81.7 cm³/mol. The zero-order valence-electron chi connectivity index (χ0n) is 11.4. The molecular weight excluding hydrogens is 298 g/mol. The summed E-state index contributed by atoms with van der Waals surface area (Å²) in [6, 6.07) is 15.9. The van der Waals surface area contributed by atoms with E-state index in [9.17, 15) is 4.79 Å². The summed E-state index contributed by atoms with van der Waals surface area (Å²) >= 11 is 1.68. The summed E-state index contributed by atoms with van der Waals surface area (Å²) in [5, 5.41) is 16.0. The summed E-state index contributed by atoms with van der Waals surface area (Å²) in [7, 11) is 0. The number of carbonyl (C=O) groups is 1. The van der Waals surface area contributed by atoms with Gasteiger partial charge in [0, 0.05) is 9.79 Å². The van der Waals surface area contributed by atoms with E-state index < -0.39 is 0 Å². The van der Waals surface area contributed by atoms with Gasteiger partial charge in [-0.2, -0.15) is 5.21 Å². The smallest absolute Gasteiger partial charge is 0.269 e. The number of carbonyl (C=O) groups excluding carboxylic acids is 1. The first-order valence-electron chi connectivity index (χ1n) is 6.73. The van der Waals surface area contributed by atoms with E-state index in [2.05, 4.69) is 25.9 Å². The van der Waals surface area contributed by atoms with Gasteiger partial charge < -0.3 is 0 Å². The first-order valence-corrected chi connectivity index (χ1v) is 7.54. The van der Waals surface area contributed by atoms with Gasteiger partial charge in [0.15, 0.2) is 0 Å². The van der Waals surface area contributed by atoms with Crippen LogP contribution in [0.25, 0.3) is 0 Å².